The van der Waals surface area contributed by atoms with Gasteiger partial charge < -0.3 is 14.2 Å². The third-order valence-corrected chi connectivity index (χ3v) is 7.44. The van der Waals surface area contributed by atoms with Crippen molar-refractivity contribution in [1.82, 2.24) is 29.7 Å². The molecule has 0 amide bonds. The standard InChI is InChI=1S/C39H54N6O6/c1-37(2,3)49-34(46)25-43-19-21-44(26-35(47)50-38(4,5)6)23-28-13-10-15-30(40-28)32-17-12-18-33(42-32)31-16-11-14-29(41-31)24-45(22-20-43)27-36(48)51-39(7,8)9/h10-18H,19-27H2,1-9H3. The second-order valence-corrected chi connectivity index (χ2v) is 15.9. The highest BCUT2D eigenvalue weighted by atomic mass is 16.6. The number of carbonyl (C=O) groups is 3. The van der Waals surface area contributed by atoms with Crippen molar-refractivity contribution in [2.75, 3.05) is 45.8 Å². The normalized spacial score (nSPS) is 15.7. The van der Waals surface area contributed by atoms with E-state index < -0.39 is 16.8 Å². The first-order valence-electron chi connectivity index (χ1n) is 17.5. The van der Waals surface area contributed by atoms with E-state index in [0.717, 1.165) is 11.4 Å². The predicted molar refractivity (Wildman–Crippen MR) is 195 cm³/mol. The third-order valence-electron chi connectivity index (χ3n) is 7.44. The van der Waals surface area contributed by atoms with Gasteiger partial charge in [0.2, 0.25) is 0 Å². The van der Waals surface area contributed by atoms with Gasteiger partial charge in [-0.2, -0.15) is 0 Å². The van der Waals surface area contributed by atoms with E-state index in [1.165, 1.54) is 0 Å². The highest BCUT2D eigenvalue weighted by molar-refractivity contribution is 5.73. The minimum Gasteiger partial charge on any atom is -0.459 e. The molecular weight excluding hydrogens is 648 g/mol. The molecule has 3 aromatic rings. The summed E-state index contributed by atoms with van der Waals surface area (Å²) in [6.07, 6.45) is 0. The van der Waals surface area contributed by atoms with Crippen molar-refractivity contribution < 1.29 is 28.6 Å². The second kappa shape index (κ2) is 16.8. The Labute approximate surface area is 302 Å². The molecule has 4 heterocycles. The lowest BCUT2D eigenvalue weighted by atomic mass is 10.1. The molecule has 1 aliphatic rings. The first kappa shape index (κ1) is 39.5. The number of aromatic nitrogens is 3. The van der Waals surface area contributed by atoms with E-state index in [-0.39, 0.29) is 37.5 Å². The lowest BCUT2D eigenvalue weighted by molar-refractivity contribution is -0.158. The maximum atomic E-state index is 13.1. The van der Waals surface area contributed by atoms with Gasteiger partial charge in [-0.05, 0) is 98.7 Å². The van der Waals surface area contributed by atoms with Gasteiger partial charge >= 0.3 is 17.9 Å². The highest BCUT2D eigenvalue weighted by Gasteiger charge is 2.25. The minimum absolute atomic E-state index is 0.0274. The van der Waals surface area contributed by atoms with E-state index in [1.54, 1.807) is 0 Å². The molecule has 276 valence electrons. The van der Waals surface area contributed by atoms with E-state index in [1.807, 2.05) is 132 Å². The number of hydrogen-bond donors (Lipinski definition) is 0. The smallest absolute Gasteiger partial charge is 0.320 e. The Balaban J connectivity index is 1.73. The van der Waals surface area contributed by atoms with E-state index in [2.05, 4.69) is 0 Å². The molecule has 12 nitrogen and oxygen atoms in total. The fourth-order valence-corrected chi connectivity index (χ4v) is 5.53. The number of ether oxygens (including phenoxy) is 3. The van der Waals surface area contributed by atoms with Crippen molar-refractivity contribution in [3.63, 3.8) is 0 Å². The SMILES string of the molecule is CC(C)(C)OC(=O)CN1CCN(CC(=O)OC(C)(C)C)Cc2cccc(n2)-c2cccc(n2)-c2cccc(n2)CN(CC(=O)OC(C)(C)C)CC1. The number of esters is 3. The fourth-order valence-electron chi connectivity index (χ4n) is 5.53. The molecule has 3 aromatic heterocycles. The van der Waals surface area contributed by atoms with Crippen molar-refractivity contribution in [3.8, 4) is 22.8 Å². The molecule has 0 saturated heterocycles. The molecule has 4 rings (SSSR count). The first-order valence-corrected chi connectivity index (χ1v) is 17.5. The zero-order valence-electron chi connectivity index (χ0n) is 31.7. The summed E-state index contributed by atoms with van der Waals surface area (Å²) in [5, 5.41) is 0. The summed E-state index contributed by atoms with van der Waals surface area (Å²) in [7, 11) is 0. The van der Waals surface area contributed by atoms with E-state index in [4.69, 9.17) is 29.2 Å². The molecular formula is C39H54N6O6. The molecule has 0 atom stereocenters. The lowest BCUT2D eigenvalue weighted by Crippen LogP contribution is -2.45. The second-order valence-electron chi connectivity index (χ2n) is 15.9. The summed E-state index contributed by atoms with van der Waals surface area (Å²) >= 11 is 0. The average Bonchev–Trinajstić information content (AvgIpc) is 2.99. The van der Waals surface area contributed by atoms with Gasteiger partial charge in [0, 0.05) is 39.3 Å². The molecule has 0 N–H and O–H groups in total. The van der Waals surface area contributed by atoms with Gasteiger partial charge in [0.15, 0.2) is 0 Å². The van der Waals surface area contributed by atoms with Crippen molar-refractivity contribution >= 4 is 17.9 Å². The fraction of sp³-hybridized carbons (Fsp3) is 0.538. The molecule has 0 spiro atoms. The maximum Gasteiger partial charge on any atom is 0.320 e. The molecule has 0 aromatic carbocycles. The van der Waals surface area contributed by atoms with Crippen LogP contribution >= 0.6 is 0 Å². The number of nitrogens with zero attached hydrogens (tertiary/aromatic N) is 6. The predicted octanol–water partition coefficient (Wildman–Crippen LogP) is 5.15. The Bertz CT molecular complexity index is 1560. The van der Waals surface area contributed by atoms with Crippen LogP contribution in [0.4, 0.5) is 0 Å². The van der Waals surface area contributed by atoms with Gasteiger partial charge in [-0.1, -0.05) is 18.2 Å². The van der Waals surface area contributed by atoms with Crippen molar-refractivity contribution in [1.29, 1.82) is 0 Å². The van der Waals surface area contributed by atoms with Gasteiger partial charge in [0.05, 0.1) is 53.8 Å². The molecule has 0 unspecified atom stereocenters. The summed E-state index contributed by atoms with van der Waals surface area (Å²) in [6.45, 7) is 19.1. The lowest BCUT2D eigenvalue weighted by Gasteiger charge is -2.31. The van der Waals surface area contributed by atoms with Gasteiger partial charge in [-0.25, -0.2) is 15.0 Å². The molecule has 51 heavy (non-hydrogen) atoms. The van der Waals surface area contributed by atoms with Crippen LogP contribution in [0, 0.1) is 0 Å². The van der Waals surface area contributed by atoms with Gasteiger partial charge in [-0.3, -0.25) is 29.1 Å². The van der Waals surface area contributed by atoms with Crippen LogP contribution in [-0.4, -0.2) is 110 Å². The molecule has 0 radical (unpaired) electrons. The molecule has 0 fully saturated rings. The van der Waals surface area contributed by atoms with Crippen LogP contribution in [0.5, 0.6) is 0 Å². The maximum absolute atomic E-state index is 13.1. The van der Waals surface area contributed by atoms with E-state index >= 15 is 0 Å². The Kier molecular flexibility index (Phi) is 13.0. The van der Waals surface area contributed by atoms with Crippen LogP contribution < -0.4 is 0 Å². The number of hydrogen-bond acceptors (Lipinski definition) is 12. The summed E-state index contributed by atoms with van der Waals surface area (Å²) in [5.41, 5.74) is 2.34. The van der Waals surface area contributed by atoms with Gasteiger partial charge in [0.1, 0.15) is 16.8 Å². The molecule has 0 saturated carbocycles. The van der Waals surface area contributed by atoms with Crippen molar-refractivity contribution in [3.05, 3.63) is 66.0 Å². The third kappa shape index (κ3) is 14.1. The van der Waals surface area contributed by atoms with Gasteiger partial charge in [0.25, 0.3) is 0 Å². The van der Waals surface area contributed by atoms with Crippen LogP contribution in [0.3, 0.4) is 0 Å². The van der Waals surface area contributed by atoms with Crippen LogP contribution in [0.25, 0.3) is 22.8 Å². The van der Waals surface area contributed by atoms with Crippen molar-refractivity contribution in [2.45, 2.75) is 92.2 Å². The Morgan fingerprint density at radius 1 is 0.490 bits per heavy atom. The monoisotopic (exact) mass is 702 g/mol. The highest BCUT2D eigenvalue weighted by Crippen LogP contribution is 2.22. The topological polar surface area (TPSA) is 127 Å². The summed E-state index contributed by atoms with van der Waals surface area (Å²) < 4.78 is 17.1. The largest absolute Gasteiger partial charge is 0.459 e. The molecule has 12 heteroatoms. The molecule has 6 bridgehead atoms. The van der Waals surface area contributed by atoms with Crippen LogP contribution in [-0.2, 0) is 41.7 Å². The zero-order valence-corrected chi connectivity index (χ0v) is 31.7. The Morgan fingerprint density at radius 2 is 0.784 bits per heavy atom. The average molecular weight is 703 g/mol. The van der Waals surface area contributed by atoms with Crippen LogP contribution in [0.15, 0.2) is 54.6 Å². The number of carbonyl (C=O) groups excluding carboxylic acids is 3. The Morgan fingerprint density at radius 3 is 1.14 bits per heavy atom. The van der Waals surface area contributed by atoms with Gasteiger partial charge in [-0.15, -0.1) is 0 Å². The van der Waals surface area contributed by atoms with Crippen LogP contribution in [0.2, 0.25) is 0 Å². The number of pyridine rings is 3. The zero-order chi connectivity index (χ0) is 37.4. The Hall–Kier alpha value is -4.26. The quantitative estimate of drug-likeness (QED) is 0.249. The number of fused-ring (bicyclic) bond motifs is 8. The number of rotatable bonds is 6. The molecule has 1 aliphatic heterocycles. The summed E-state index contributed by atoms with van der Waals surface area (Å²) in [6, 6.07) is 17.3. The summed E-state index contributed by atoms with van der Waals surface area (Å²) in [5.74, 6) is -1.07. The molecule has 0 aliphatic carbocycles. The summed E-state index contributed by atoms with van der Waals surface area (Å²) in [4.78, 5) is 60.0. The minimum atomic E-state index is -0.653. The van der Waals surface area contributed by atoms with Crippen molar-refractivity contribution in [2.24, 2.45) is 0 Å². The van der Waals surface area contributed by atoms with E-state index in [0.29, 0.717) is 62.0 Å². The van der Waals surface area contributed by atoms with Crippen LogP contribution in [0.1, 0.15) is 73.7 Å². The van der Waals surface area contributed by atoms with E-state index in [9.17, 15) is 14.4 Å². The first-order chi connectivity index (χ1) is 23.8.